The molecule has 27 heavy (non-hydrogen) atoms. The lowest BCUT2D eigenvalue weighted by Gasteiger charge is -2.06. The van der Waals surface area contributed by atoms with Crippen LogP contribution in [-0.2, 0) is 9.53 Å². The van der Waals surface area contributed by atoms with Crippen LogP contribution in [0.3, 0.4) is 0 Å². The molecule has 0 atom stereocenters. The molecule has 138 valence electrons. The van der Waals surface area contributed by atoms with Gasteiger partial charge in [0.05, 0.1) is 5.56 Å². The molecule has 0 aromatic heterocycles. The normalized spacial score (nSPS) is 13.9. The van der Waals surface area contributed by atoms with Gasteiger partial charge in [-0.25, -0.2) is 4.79 Å². The van der Waals surface area contributed by atoms with E-state index in [2.05, 4.69) is 6.58 Å². The zero-order valence-electron chi connectivity index (χ0n) is 14.0. The molecule has 2 aromatic carbocycles. The molecule has 5 nitrogen and oxygen atoms in total. The third kappa shape index (κ3) is 4.32. The highest BCUT2D eigenvalue weighted by Gasteiger charge is 2.28. The van der Waals surface area contributed by atoms with Gasteiger partial charge in [-0.1, -0.05) is 41.9 Å². The third-order valence-corrected chi connectivity index (χ3v) is 4.29. The van der Waals surface area contributed by atoms with E-state index in [0.29, 0.717) is 32.7 Å². The Bertz CT molecular complexity index is 929. The van der Waals surface area contributed by atoms with Crippen LogP contribution in [0.15, 0.2) is 54.8 Å². The zero-order chi connectivity index (χ0) is 19.4. The first-order chi connectivity index (χ1) is 13.0. The molecule has 7 heteroatoms. The van der Waals surface area contributed by atoms with E-state index in [-0.39, 0.29) is 24.8 Å². The van der Waals surface area contributed by atoms with Crippen LogP contribution in [0.1, 0.15) is 15.9 Å². The highest BCUT2D eigenvalue weighted by Crippen LogP contribution is 2.36. The number of esters is 1. The number of carbonyl (C=O) groups excluding carboxylic acids is 2. The van der Waals surface area contributed by atoms with Gasteiger partial charge in [-0.3, -0.25) is 4.79 Å². The van der Waals surface area contributed by atoms with Gasteiger partial charge >= 0.3 is 5.97 Å². The number of allylic oxidation sites excluding steroid dienone is 1. The van der Waals surface area contributed by atoms with Crippen molar-refractivity contribution in [2.75, 3.05) is 13.2 Å². The fraction of sp³-hybridized carbons (Fsp3) is 0.100. The summed E-state index contributed by atoms with van der Waals surface area (Å²) in [6.45, 7) is 3.31. The van der Waals surface area contributed by atoms with Crippen molar-refractivity contribution >= 4 is 41.0 Å². The molecule has 0 radical (unpaired) electrons. The fourth-order valence-corrected chi connectivity index (χ4v) is 2.88. The second kappa shape index (κ2) is 8.29. The summed E-state index contributed by atoms with van der Waals surface area (Å²) in [6, 6.07) is 9.72. The van der Waals surface area contributed by atoms with E-state index in [4.69, 9.17) is 37.4 Å². The average molecular weight is 405 g/mol. The average Bonchev–Trinajstić information content (AvgIpc) is 2.96. The van der Waals surface area contributed by atoms with Gasteiger partial charge in [0.15, 0.2) is 12.4 Å². The van der Waals surface area contributed by atoms with Crippen LogP contribution in [0.5, 0.6) is 11.5 Å². The number of benzene rings is 2. The number of hydrogen-bond acceptors (Lipinski definition) is 5. The van der Waals surface area contributed by atoms with Gasteiger partial charge in [0.1, 0.15) is 18.1 Å². The van der Waals surface area contributed by atoms with Crippen molar-refractivity contribution in [3.05, 3.63) is 76.0 Å². The van der Waals surface area contributed by atoms with E-state index in [0.717, 1.165) is 0 Å². The summed E-state index contributed by atoms with van der Waals surface area (Å²) in [5.74, 6) is -0.0256. The lowest BCUT2D eigenvalue weighted by molar-refractivity contribution is -0.144. The van der Waals surface area contributed by atoms with Crippen molar-refractivity contribution in [3.8, 4) is 11.5 Å². The Morgan fingerprint density at radius 3 is 2.63 bits per heavy atom. The summed E-state index contributed by atoms with van der Waals surface area (Å²) in [5.41, 5.74) is 0.879. The van der Waals surface area contributed by atoms with Crippen LogP contribution in [-0.4, -0.2) is 25.0 Å². The number of rotatable bonds is 6. The van der Waals surface area contributed by atoms with Crippen molar-refractivity contribution in [3.63, 3.8) is 0 Å². The first kappa shape index (κ1) is 19.0. The SMILES string of the molecule is C=CCOC(=O)COc1ccc2c(c1)OC(=Cc1c(Cl)cccc1Cl)C2=O. The van der Waals surface area contributed by atoms with Gasteiger partial charge in [-0.15, -0.1) is 0 Å². The summed E-state index contributed by atoms with van der Waals surface area (Å²) in [6.07, 6.45) is 2.96. The fourth-order valence-electron chi connectivity index (χ4n) is 2.37. The second-order valence-electron chi connectivity index (χ2n) is 5.49. The number of Topliss-reactive ketones (excluding diaryl/α,β-unsaturated/α-hetero) is 1. The molecule has 1 aliphatic heterocycles. The molecular weight excluding hydrogens is 391 g/mol. The largest absolute Gasteiger partial charge is 0.482 e. The number of ketones is 1. The molecule has 0 N–H and O–H groups in total. The van der Waals surface area contributed by atoms with Gasteiger partial charge in [-0.2, -0.15) is 0 Å². The Balaban J connectivity index is 1.76. The predicted octanol–water partition coefficient (Wildman–Crippen LogP) is 4.72. The second-order valence-corrected chi connectivity index (χ2v) is 6.31. The summed E-state index contributed by atoms with van der Waals surface area (Å²) >= 11 is 12.3. The van der Waals surface area contributed by atoms with Crippen molar-refractivity contribution in [1.29, 1.82) is 0 Å². The van der Waals surface area contributed by atoms with Crippen LogP contribution >= 0.6 is 23.2 Å². The molecule has 0 amide bonds. The van der Waals surface area contributed by atoms with Gasteiger partial charge < -0.3 is 14.2 Å². The minimum absolute atomic E-state index is 0.0996. The van der Waals surface area contributed by atoms with Crippen molar-refractivity contribution < 1.29 is 23.8 Å². The summed E-state index contributed by atoms with van der Waals surface area (Å²) in [5, 5.41) is 0.814. The van der Waals surface area contributed by atoms with Crippen LogP contribution in [0.4, 0.5) is 0 Å². The first-order valence-electron chi connectivity index (χ1n) is 7.91. The van der Waals surface area contributed by atoms with Crippen molar-refractivity contribution in [1.82, 2.24) is 0 Å². The minimum atomic E-state index is -0.527. The molecule has 0 saturated carbocycles. The Morgan fingerprint density at radius 2 is 1.93 bits per heavy atom. The lowest BCUT2D eigenvalue weighted by atomic mass is 10.1. The van der Waals surface area contributed by atoms with Crippen molar-refractivity contribution in [2.24, 2.45) is 0 Å². The van der Waals surface area contributed by atoms with E-state index in [9.17, 15) is 9.59 Å². The molecule has 0 aliphatic carbocycles. The Labute approximate surface area is 165 Å². The maximum absolute atomic E-state index is 12.5. The van der Waals surface area contributed by atoms with Crippen LogP contribution in [0.25, 0.3) is 6.08 Å². The standard InChI is InChI=1S/C20H14Cl2O5/c1-2-8-25-19(23)11-26-12-6-7-13-17(9-12)27-18(20(13)24)10-14-15(21)4-3-5-16(14)22/h2-7,9-10H,1,8,11H2. The van der Waals surface area contributed by atoms with Crippen LogP contribution < -0.4 is 9.47 Å². The molecule has 0 saturated heterocycles. The number of fused-ring (bicyclic) bond motifs is 1. The molecule has 1 heterocycles. The Hall–Kier alpha value is -2.76. The lowest BCUT2D eigenvalue weighted by Crippen LogP contribution is -2.14. The van der Waals surface area contributed by atoms with E-state index < -0.39 is 5.97 Å². The molecule has 0 spiro atoms. The number of ether oxygens (including phenoxy) is 3. The van der Waals surface area contributed by atoms with Gasteiger partial charge in [0, 0.05) is 21.7 Å². The van der Waals surface area contributed by atoms with Crippen molar-refractivity contribution in [2.45, 2.75) is 0 Å². The smallest absolute Gasteiger partial charge is 0.344 e. The summed E-state index contributed by atoms with van der Waals surface area (Å²) in [4.78, 5) is 24.0. The highest BCUT2D eigenvalue weighted by molar-refractivity contribution is 6.37. The summed E-state index contributed by atoms with van der Waals surface area (Å²) < 4.78 is 15.8. The number of hydrogen-bond donors (Lipinski definition) is 0. The van der Waals surface area contributed by atoms with E-state index >= 15 is 0 Å². The Morgan fingerprint density at radius 1 is 1.19 bits per heavy atom. The maximum Gasteiger partial charge on any atom is 0.344 e. The monoisotopic (exact) mass is 404 g/mol. The van der Waals surface area contributed by atoms with Crippen LogP contribution in [0.2, 0.25) is 10.0 Å². The molecule has 0 fully saturated rings. The molecule has 0 bridgehead atoms. The van der Waals surface area contributed by atoms with Crippen LogP contribution in [0, 0.1) is 0 Å². The molecule has 1 aliphatic rings. The van der Waals surface area contributed by atoms with E-state index in [1.165, 1.54) is 18.2 Å². The topological polar surface area (TPSA) is 61.8 Å². The van der Waals surface area contributed by atoms with Gasteiger partial charge in [0.2, 0.25) is 5.78 Å². The molecule has 2 aromatic rings. The third-order valence-electron chi connectivity index (χ3n) is 3.64. The summed E-state index contributed by atoms with van der Waals surface area (Å²) in [7, 11) is 0. The molecular formula is C20H14Cl2O5. The minimum Gasteiger partial charge on any atom is -0.482 e. The van der Waals surface area contributed by atoms with E-state index in [1.807, 2.05) is 0 Å². The first-order valence-corrected chi connectivity index (χ1v) is 8.67. The molecule has 3 rings (SSSR count). The number of carbonyl (C=O) groups is 2. The maximum atomic E-state index is 12.5. The number of halogens is 2. The molecule has 0 unspecified atom stereocenters. The highest BCUT2D eigenvalue weighted by atomic mass is 35.5. The zero-order valence-corrected chi connectivity index (χ0v) is 15.5. The van der Waals surface area contributed by atoms with E-state index in [1.54, 1.807) is 30.3 Å². The predicted molar refractivity (Wildman–Crippen MR) is 102 cm³/mol. The van der Waals surface area contributed by atoms with Gasteiger partial charge in [-0.05, 0) is 30.3 Å². The Kier molecular flexibility index (Phi) is 5.84. The van der Waals surface area contributed by atoms with Gasteiger partial charge in [0.25, 0.3) is 0 Å². The quantitative estimate of drug-likeness (QED) is 0.396.